The summed E-state index contributed by atoms with van der Waals surface area (Å²) in [4.78, 5) is 0. The molecule has 1 aromatic rings. The molecule has 0 unspecified atom stereocenters. The number of hydrogen-bond acceptors (Lipinski definition) is 2. The van der Waals surface area contributed by atoms with Crippen LogP contribution in [0.4, 0.5) is 8.78 Å². The van der Waals surface area contributed by atoms with E-state index in [1.54, 1.807) is 0 Å². The van der Waals surface area contributed by atoms with E-state index >= 15 is 0 Å². The van der Waals surface area contributed by atoms with Crippen LogP contribution in [0.2, 0.25) is 5.02 Å². The smallest absolute Gasteiger partial charge is 0.257 e. The van der Waals surface area contributed by atoms with Crippen molar-refractivity contribution in [2.45, 2.75) is 12.5 Å². The topological polar surface area (TPSA) is 46.2 Å². The Kier molecular flexibility index (Phi) is 5.80. The number of rotatable bonds is 2. The van der Waals surface area contributed by atoms with Gasteiger partial charge < -0.3 is 10.8 Å². The van der Waals surface area contributed by atoms with E-state index in [-0.39, 0.29) is 23.0 Å². The Balaban J connectivity index is 0.00000196. The highest BCUT2D eigenvalue weighted by Crippen LogP contribution is 2.35. The van der Waals surface area contributed by atoms with Gasteiger partial charge in [0.25, 0.3) is 6.43 Å². The molecule has 0 radical (unpaired) electrons. The Bertz CT molecular complexity index is 352. The molecular formula is C8H8BrCl2F2NO. The van der Waals surface area contributed by atoms with Gasteiger partial charge in [-0.05, 0) is 12.1 Å². The summed E-state index contributed by atoms with van der Waals surface area (Å²) in [7, 11) is 0. The first-order valence-corrected chi connectivity index (χ1v) is 4.82. The third kappa shape index (κ3) is 3.45. The van der Waals surface area contributed by atoms with Gasteiger partial charge in [0.05, 0.1) is 11.1 Å². The average molecular weight is 323 g/mol. The summed E-state index contributed by atoms with van der Waals surface area (Å²) in [6, 6.07) is 1.18. The zero-order valence-corrected chi connectivity index (χ0v) is 10.4. The van der Waals surface area contributed by atoms with E-state index in [4.69, 9.17) is 17.3 Å². The molecule has 0 aliphatic rings. The number of phenols is 1. The Hall–Kier alpha value is -0.100. The van der Waals surface area contributed by atoms with Gasteiger partial charge in [-0.25, -0.2) is 8.78 Å². The molecule has 0 bridgehead atoms. The van der Waals surface area contributed by atoms with Gasteiger partial charge in [0.1, 0.15) is 5.75 Å². The van der Waals surface area contributed by atoms with Crippen LogP contribution >= 0.6 is 39.9 Å². The van der Waals surface area contributed by atoms with E-state index < -0.39 is 18.2 Å². The van der Waals surface area contributed by atoms with Crippen molar-refractivity contribution in [3.8, 4) is 5.75 Å². The lowest BCUT2D eigenvalue weighted by Gasteiger charge is -2.13. The molecule has 0 heterocycles. The average Bonchev–Trinajstić information content (AvgIpc) is 2.09. The number of aromatic hydroxyl groups is 1. The molecule has 0 amide bonds. The fourth-order valence-corrected chi connectivity index (χ4v) is 1.81. The van der Waals surface area contributed by atoms with E-state index in [0.29, 0.717) is 4.47 Å². The van der Waals surface area contributed by atoms with Gasteiger partial charge in [-0.15, -0.1) is 12.4 Å². The molecule has 1 aromatic carbocycles. The minimum absolute atomic E-state index is 0. The molecule has 0 saturated heterocycles. The Labute approximate surface area is 105 Å². The maximum absolute atomic E-state index is 12.3. The SMILES string of the molecule is Cl.N[C@@H](c1cc(Br)cc(Cl)c1O)C(F)F. The van der Waals surface area contributed by atoms with Gasteiger partial charge >= 0.3 is 0 Å². The van der Waals surface area contributed by atoms with Crippen LogP contribution in [0.25, 0.3) is 0 Å². The quantitative estimate of drug-likeness (QED) is 0.875. The van der Waals surface area contributed by atoms with Gasteiger partial charge in [-0.2, -0.15) is 0 Å². The van der Waals surface area contributed by atoms with Gasteiger partial charge in [0, 0.05) is 10.0 Å². The van der Waals surface area contributed by atoms with Crippen molar-refractivity contribution < 1.29 is 13.9 Å². The van der Waals surface area contributed by atoms with Crippen molar-refractivity contribution in [3.05, 3.63) is 27.2 Å². The molecule has 7 heteroatoms. The first-order chi connectivity index (χ1) is 6.43. The van der Waals surface area contributed by atoms with E-state index in [0.717, 1.165) is 0 Å². The summed E-state index contributed by atoms with van der Waals surface area (Å²) >= 11 is 8.66. The Morgan fingerprint density at radius 2 is 1.93 bits per heavy atom. The first-order valence-electron chi connectivity index (χ1n) is 3.65. The molecule has 0 aliphatic carbocycles. The molecule has 1 rings (SSSR count). The Morgan fingerprint density at radius 3 is 2.40 bits per heavy atom. The highest BCUT2D eigenvalue weighted by Gasteiger charge is 2.22. The lowest BCUT2D eigenvalue weighted by Crippen LogP contribution is -2.19. The number of phenolic OH excluding ortho intramolecular Hbond substituents is 1. The monoisotopic (exact) mass is 321 g/mol. The highest BCUT2D eigenvalue weighted by atomic mass is 79.9. The maximum atomic E-state index is 12.3. The Morgan fingerprint density at radius 1 is 1.40 bits per heavy atom. The summed E-state index contributed by atoms with van der Waals surface area (Å²) in [6.07, 6.45) is -2.74. The second-order valence-electron chi connectivity index (χ2n) is 2.69. The van der Waals surface area contributed by atoms with Crippen LogP contribution < -0.4 is 5.73 Å². The number of benzene rings is 1. The largest absolute Gasteiger partial charge is 0.506 e. The lowest BCUT2D eigenvalue weighted by atomic mass is 10.1. The van der Waals surface area contributed by atoms with Crippen molar-refractivity contribution >= 4 is 39.9 Å². The molecule has 86 valence electrons. The molecule has 2 nitrogen and oxygen atoms in total. The molecule has 0 fully saturated rings. The van der Waals surface area contributed by atoms with Crippen LogP contribution in [0.1, 0.15) is 11.6 Å². The van der Waals surface area contributed by atoms with E-state index in [9.17, 15) is 13.9 Å². The zero-order valence-electron chi connectivity index (χ0n) is 7.25. The first kappa shape index (κ1) is 14.9. The van der Waals surface area contributed by atoms with Crippen molar-refractivity contribution in [1.29, 1.82) is 0 Å². The van der Waals surface area contributed by atoms with Crippen molar-refractivity contribution in [2.75, 3.05) is 0 Å². The van der Waals surface area contributed by atoms with Crippen LogP contribution in [0.3, 0.4) is 0 Å². The second-order valence-corrected chi connectivity index (χ2v) is 4.01. The highest BCUT2D eigenvalue weighted by molar-refractivity contribution is 9.10. The molecule has 1 atom stereocenters. The van der Waals surface area contributed by atoms with Crippen LogP contribution in [0.5, 0.6) is 5.75 Å². The van der Waals surface area contributed by atoms with Crippen LogP contribution in [-0.2, 0) is 0 Å². The summed E-state index contributed by atoms with van der Waals surface area (Å²) < 4.78 is 25.0. The number of alkyl halides is 2. The van der Waals surface area contributed by atoms with E-state index in [1.807, 2.05) is 0 Å². The van der Waals surface area contributed by atoms with Crippen molar-refractivity contribution in [2.24, 2.45) is 5.73 Å². The summed E-state index contributed by atoms with van der Waals surface area (Å²) in [5.74, 6) is -0.400. The van der Waals surface area contributed by atoms with Gasteiger partial charge in [0.2, 0.25) is 0 Å². The predicted octanol–water partition coefficient (Wildman–Crippen LogP) is 3.49. The molecule has 0 aromatic heterocycles. The van der Waals surface area contributed by atoms with Gasteiger partial charge in [0.15, 0.2) is 0 Å². The number of nitrogens with two attached hydrogens (primary N) is 1. The third-order valence-electron chi connectivity index (χ3n) is 1.69. The van der Waals surface area contributed by atoms with Crippen molar-refractivity contribution in [3.63, 3.8) is 0 Å². The van der Waals surface area contributed by atoms with Crippen LogP contribution in [0, 0.1) is 0 Å². The molecule has 0 saturated carbocycles. The fraction of sp³-hybridized carbons (Fsp3) is 0.250. The minimum atomic E-state index is -2.74. The third-order valence-corrected chi connectivity index (χ3v) is 2.43. The normalized spacial score (nSPS) is 12.4. The van der Waals surface area contributed by atoms with Gasteiger partial charge in [-0.3, -0.25) is 0 Å². The minimum Gasteiger partial charge on any atom is -0.506 e. The maximum Gasteiger partial charge on any atom is 0.257 e. The molecule has 15 heavy (non-hydrogen) atoms. The standard InChI is InChI=1S/C8H7BrClF2NO.ClH/c9-3-1-4(6(13)8(11)12)7(14)5(10)2-3;/h1-2,6,8,14H,13H2;1H/t6-;/m0./s1. The van der Waals surface area contributed by atoms with Crippen LogP contribution in [0.15, 0.2) is 16.6 Å². The summed E-state index contributed by atoms with van der Waals surface area (Å²) in [6.45, 7) is 0. The molecule has 3 N–H and O–H groups in total. The zero-order chi connectivity index (χ0) is 10.9. The predicted molar refractivity (Wildman–Crippen MR) is 61.0 cm³/mol. The van der Waals surface area contributed by atoms with E-state index in [1.165, 1.54) is 12.1 Å². The van der Waals surface area contributed by atoms with Gasteiger partial charge in [-0.1, -0.05) is 27.5 Å². The van der Waals surface area contributed by atoms with Crippen LogP contribution in [-0.4, -0.2) is 11.5 Å². The lowest BCUT2D eigenvalue weighted by molar-refractivity contribution is 0.115. The molecule has 0 aliphatic heterocycles. The number of hydrogen-bond donors (Lipinski definition) is 2. The molecule has 0 spiro atoms. The summed E-state index contributed by atoms with van der Waals surface area (Å²) in [5, 5.41) is 9.37. The second kappa shape index (κ2) is 5.84. The van der Waals surface area contributed by atoms with Crippen molar-refractivity contribution in [1.82, 2.24) is 0 Å². The number of halogens is 5. The van der Waals surface area contributed by atoms with E-state index in [2.05, 4.69) is 15.9 Å². The molecular weight excluding hydrogens is 315 g/mol. The fourth-order valence-electron chi connectivity index (χ4n) is 0.976. The summed E-state index contributed by atoms with van der Waals surface area (Å²) in [5.41, 5.74) is 5.12.